The van der Waals surface area contributed by atoms with Gasteiger partial charge in [-0.1, -0.05) is 18.1 Å². The van der Waals surface area contributed by atoms with Crippen LogP contribution in [0.15, 0.2) is 24.4 Å². The Hall–Kier alpha value is -1.59. The fourth-order valence-corrected chi connectivity index (χ4v) is 1.07. The Morgan fingerprint density at radius 1 is 1.50 bits per heavy atom. The minimum absolute atomic E-state index is 0.0228. The first kappa shape index (κ1) is 10.5. The van der Waals surface area contributed by atoms with E-state index < -0.39 is 0 Å². The van der Waals surface area contributed by atoms with Gasteiger partial charge in [0, 0.05) is 6.20 Å². The van der Waals surface area contributed by atoms with Crippen molar-refractivity contribution in [2.75, 3.05) is 6.61 Å². The lowest BCUT2D eigenvalue weighted by Gasteiger charge is -1.97. The first-order valence-electron chi connectivity index (χ1n) is 4.44. The lowest BCUT2D eigenvalue weighted by atomic mass is 10.2. The molecule has 1 aromatic heterocycles. The van der Waals surface area contributed by atoms with Gasteiger partial charge in [0.05, 0.1) is 6.61 Å². The highest BCUT2D eigenvalue weighted by atomic mass is 16.2. The van der Waals surface area contributed by atoms with Crippen LogP contribution in [0.1, 0.15) is 16.8 Å². The molecule has 0 aliphatic heterocycles. The second-order valence-corrected chi connectivity index (χ2v) is 3.03. The van der Waals surface area contributed by atoms with Crippen LogP contribution in [0.25, 0.3) is 0 Å². The highest BCUT2D eigenvalue weighted by Crippen LogP contribution is 2.04. The predicted octanol–water partition coefficient (Wildman–Crippen LogP) is 1.60. The lowest BCUT2D eigenvalue weighted by Crippen LogP contribution is -1.88. The van der Waals surface area contributed by atoms with Gasteiger partial charge >= 0.3 is 0 Å². The smallest absolute Gasteiger partial charge is 0.116 e. The summed E-state index contributed by atoms with van der Waals surface area (Å²) in [5.41, 5.74) is 3.01. The van der Waals surface area contributed by atoms with Gasteiger partial charge in [0.1, 0.15) is 5.69 Å². The third kappa shape index (κ3) is 3.04. The molecule has 0 atom stereocenters. The number of aromatic nitrogens is 1. The molecular formula is C12H13NO. The summed E-state index contributed by atoms with van der Waals surface area (Å²) in [7, 11) is 0. The Kier molecular flexibility index (Phi) is 3.90. The van der Waals surface area contributed by atoms with E-state index in [9.17, 15) is 0 Å². The first-order valence-corrected chi connectivity index (χ1v) is 4.44. The quantitative estimate of drug-likeness (QED) is 0.677. The fraction of sp³-hybridized carbons (Fsp3) is 0.250. The van der Waals surface area contributed by atoms with E-state index in [2.05, 4.69) is 16.8 Å². The fourth-order valence-electron chi connectivity index (χ4n) is 1.07. The van der Waals surface area contributed by atoms with Crippen LogP contribution in [0.3, 0.4) is 0 Å². The first-order chi connectivity index (χ1) is 6.74. The number of rotatable bonds is 1. The van der Waals surface area contributed by atoms with Gasteiger partial charge in [-0.3, -0.25) is 0 Å². The molecule has 0 aliphatic rings. The van der Waals surface area contributed by atoms with E-state index in [0.29, 0.717) is 0 Å². The highest BCUT2D eigenvalue weighted by molar-refractivity contribution is 5.38. The van der Waals surface area contributed by atoms with Crippen LogP contribution in [0.4, 0.5) is 0 Å². The average molecular weight is 187 g/mol. The van der Waals surface area contributed by atoms with E-state index >= 15 is 0 Å². The Balaban J connectivity index is 2.85. The Morgan fingerprint density at radius 2 is 2.29 bits per heavy atom. The van der Waals surface area contributed by atoms with Crippen molar-refractivity contribution >= 4 is 0 Å². The van der Waals surface area contributed by atoms with Crippen LogP contribution < -0.4 is 0 Å². The van der Waals surface area contributed by atoms with Crippen molar-refractivity contribution in [3.63, 3.8) is 0 Å². The molecule has 0 unspecified atom stereocenters. The number of hydrogen-bond donors (Lipinski definition) is 1. The number of pyridine rings is 1. The molecule has 0 amide bonds. The molecule has 0 saturated carbocycles. The summed E-state index contributed by atoms with van der Waals surface area (Å²) >= 11 is 0. The molecule has 0 spiro atoms. The number of allylic oxidation sites excluding steroid dienone is 1. The topological polar surface area (TPSA) is 33.1 Å². The van der Waals surface area contributed by atoms with Crippen LogP contribution in [0, 0.1) is 25.7 Å². The van der Waals surface area contributed by atoms with Gasteiger partial charge in [-0.15, -0.1) is 0 Å². The maximum Gasteiger partial charge on any atom is 0.116 e. The van der Waals surface area contributed by atoms with Crippen molar-refractivity contribution in [1.82, 2.24) is 4.98 Å². The standard InChI is InChI=1S/C12H13NO/c1-10-8-11(2)12(13-9-10)6-4-3-5-7-14/h3,5,8-9,14H,7H2,1-2H3/b5-3+. The average Bonchev–Trinajstić information content (AvgIpc) is 2.15. The van der Waals surface area contributed by atoms with Crippen molar-refractivity contribution in [1.29, 1.82) is 0 Å². The zero-order valence-electron chi connectivity index (χ0n) is 8.41. The molecule has 1 rings (SSSR count). The molecule has 1 N–H and O–H groups in total. The number of aliphatic hydroxyl groups excluding tert-OH is 1. The van der Waals surface area contributed by atoms with Gasteiger partial charge in [0.25, 0.3) is 0 Å². The third-order valence-electron chi connectivity index (χ3n) is 1.71. The summed E-state index contributed by atoms with van der Waals surface area (Å²) < 4.78 is 0. The van der Waals surface area contributed by atoms with Crippen molar-refractivity contribution in [3.05, 3.63) is 41.2 Å². The van der Waals surface area contributed by atoms with E-state index in [4.69, 9.17) is 5.11 Å². The summed E-state index contributed by atoms with van der Waals surface area (Å²) in [6.07, 6.45) is 5.02. The van der Waals surface area contributed by atoms with Gasteiger partial charge in [0.15, 0.2) is 0 Å². The van der Waals surface area contributed by atoms with Crippen LogP contribution in [-0.4, -0.2) is 16.7 Å². The molecule has 0 saturated heterocycles. The van der Waals surface area contributed by atoms with E-state index in [0.717, 1.165) is 16.8 Å². The van der Waals surface area contributed by atoms with Crippen molar-refractivity contribution < 1.29 is 5.11 Å². The summed E-state index contributed by atoms with van der Waals surface area (Å²) in [6, 6.07) is 2.05. The molecule has 0 bridgehead atoms. The zero-order valence-corrected chi connectivity index (χ0v) is 8.41. The highest BCUT2D eigenvalue weighted by Gasteiger charge is 1.94. The van der Waals surface area contributed by atoms with E-state index in [1.165, 1.54) is 0 Å². The summed E-state index contributed by atoms with van der Waals surface area (Å²) in [5, 5.41) is 8.48. The van der Waals surface area contributed by atoms with Gasteiger partial charge < -0.3 is 5.11 Å². The molecule has 1 heterocycles. The van der Waals surface area contributed by atoms with Crippen LogP contribution in [-0.2, 0) is 0 Å². The van der Waals surface area contributed by atoms with Crippen molar-refractivity contribution in [2.24, 2.45) is 0 Å². The molecule has 2 nitrogen and oxygen atoms in total. The van der Waals surface area contributed by atoms with Gasteiger partial charge in [-0.2, -0.15) is 0 Å². The maximum atomic E-state index is 8.48. The number of nitrogens with zero attached hydrogens (tertiary/aromatic N) is 1. The molecule has 2 heteroatoms. The Labute approximate surface area is 84.3 Å². The Bertz CT molecular complexity index is 397. The molecule has 0 aromatic carbocycles. The lowest BCUT2D eigenvalue weighted by molar-refractivity contribution is 0.343. The molecule has 0 fully saturated rings. The third-order valence-corrected chi connectivity index (χ3v) is 1.71. The number of hydrogen-bond acceptors (Lipinski definition) is 2. The monoisotopic (exact) mass is 187 g/mol. The summed E-state index contributed by atoms with van der Waals surface area (Å²) in [5.74, 6) is 5.73. The largest absolute Gasteiger partial charge is 0.392 e. The summed E-state index contributed by atoms with van der Waals surface area (Å²) in [4.78, 5) is 4.21. The molecule has 0 aliphatic carbocycles. The molecule has 72 valence electrons. The van der Waals surface area contributed by atoms with Crippen LogP contribution in [0.5, 0.6) is 0 Å². The van der Waals surface area contributed by atoms with Crippen molar-refractivity contribution in [3.8, 4) is 11.8 Å². The van der Waals surface area contributed by atoms with E-state index in [1.807, 2.05) is 19.9 Å². The Morgan fingerprint density at radius 3 is 2.93 bits per heavy atom. The second kappa shape index (κ2) is 5.21. The molecule has 0 radical (unpaired) electrons. The number of aliphatic hydroxyl groups is 1. The van der Waals surface area contributed by atoms with Crippen LogP contribution in [0.2, 0.25) is 0 Å². The molecule has 14 heavy (non-hydrogen) atoms. The van der Waals surface area contributed by atoms with Crippen LogP contribution >= 0.6 is 0 Å². The number of aryl methyl sites for hydroxylation is 2. The predicted molar refractivity (Wildman–Crippen MR) is 56.8 cm³/mol. The normalized spacial score (nSPS) is 9.93. The second-order valence-electron chi connectivity index (χ2n) is 3.03. The molecule has 1 aromatic rings. The summed E-state index contributed by atoms with van der Waals surface area (Å²) in [6.45, 7) is 4.01. The maximum absolute atomic E-state index is 8.48. The van der Waals surface area contributed by atoms with Gasteiger partial charge in [0.2, 0.25) is 0 Å². The van der Waals surface area contributed by atoms with E-state index in [-0.39, 0.29) is 6.61 Å². The zero-order chi connectivity index (χ0) is 10.4. The molecular weight excluding hydrogens is 174 g/mol. The minimum atomic E-state index is 0.0228. The van der Waals surface area contributed by atoms with Gasteiger partial charge in [-0.05, 0) is 37.0 Å². The van der Waals surface area contributed by atoms with Gasteiger partial charge in [-0.25, -0.2) is 4.98 Å². The van der Waals surface area contributed by atoms with Crippen molar-refractivity contribution in [2.45, 2.75) is 13.8 Å². The van der Waals surface area contributed by atoms with E-state index in [1.54, 1.807) is 18.3 Å². The SMILES string of the molecule is Cc1cnc(C#C/C=C/CO)c(C)c1. The minimum Gasteiger partial charge on any atom is -0.392 e.